The Kier molecular flexibility index (Phi) is 10.8. The first-order valence-electron chi connectivity index (χ1n) is 12.8. The van der Waals surface area contributed by atoms with Crippen LogP contribution in [0.3, 0.4) is 0 Å². The lowest BCUT2D eigenvalue weighted by atomic mass is 10.1. The van der Waals surface area contributed by atoms with Gasteiger partial charge in [-0.25, -0.2) is 0 Å². The second-order valence-electron chi connectivity index (χ2n) is 9.33. The number of rotatable bonds is 11. The van der Waals surface area contributed by atoms with Gasteiger partial charge in [0.1, 0.15) is 23.5 Å². The summed E-state index contributed by atoms with van der Waals surface area (Å²) in [6.45, 7) is 4.80. The third kappa shape index (κ3) is 8.93. The van der Waals surface area contributed by atoms with Gasteiger partial charge in [-0.05, 0) is 43.0 Å². The van der Waals surface area contributed by atoms with E-state index in [-0.39, 0.29) is 37.0 Å². The Bertz CT molecular complexity index is 1560. The van der Waals surface area contributed by atoms with Gasteiger partial charge in [-0.3, -0.25) is 24.0 Å². The molecule has 13 heteroatoms. The number of aromatic nitrogens is 1. The second kappa shape index (κ2) is 14.5. The molecule has 2 heterocycles. The van der Waals surface area contributed by atoms with Gasteiger partial charge < -0.3 is 37.5 Å². The molecule has 0 saturated heterocycles. The van der Waals surface area contributed by atoms with E-state index in [1.54, 1.807) is 19.1 Å². The highest BCUT2D eigenvalue weighted by Crippen LogP contribution is 2.25. The molecule has 2 aromatic heterocycles. The summed E-state index contributed by atoms with van der Waals surface area (Å²) in [5, 5.41) is 18.4. The van der Waals surface area contributed by atoms with Crippen molar-refractivity contribution >= 4 is 61.9 Å². The summed E-state index contributed by atoms with van der Waals surface area (Å²) in [6, 6.07) is 17.0. The van der Waals surface area contributed by atoms with Gasteiger partial charge in [0.2, 0.25) is 17.7 Å². The molecule has 9 N–H and O–H groups in total. The summed E-state index contributed by atoms with van der Waals surface area (Å²) < 4.78 is 0.982. The highest BCUT2D eigenvalue weighted by molar-refractivity contribution is 7.20. The maximum atomic E-state index is 12.1. The van der Waals surface area contributed by atoms with E-state index in [9.17, 15) is 24.0 Å². The molecule has 2 aromatic carbocycles. The summed E-state index contributed by atoms with van der Waals surface area (Å²) in [4.78, 5) is 61.5. The maximum Gasteiger partial charge on any atom is 0.268 e. The number of nitrogens with two attached hydrogens (primary N) is 2. The molecule has 0 saturated carbocycles. The zero-order chi connectivity index (χ0) is 30.8. The Balaban J connectivity index is 0.000000230. The fourth-order valence-electron chi connectivity index (χ4n) is 3.77. The molecule has 4 rings (SSSR count). The van der Waals surface area contributed by atoms with Crippen molar-refractivity contribution in [3.63, 3.8) is 0 Å². The Hall–Kier alpha value is -5.17. The predicted molar refractivity (Wildman–Crippen MR) is 161 cm³/mol. The van der Waals surface area contributed by atoms with Crippen LogP contribution < -0.4 is 27.4 Å². The number of aliphatic hydroxyl groups excluding tert-OH is 1. The van der Waals surface area contributed by atoms with Gasteiger partial charge in [0.05, 0.1) is 11.4 Å². The number of thiophene rings is 1. The normalized spacial score (nSPS) is 11.9. The van der Waals surface area contributed by atoms with Crippen LogP contribution in [-0.4, -0.2) is 58.3 Å². The molecule has 0 bridgehead atoms. The van der Waals surface area contributed by atoms with E-state index < -0.39 is 29.8 Å². The summed E-state index contributed by atoms with van der Waals surface area (Å²) in [6.07, 6.45) is 0.0849. The lowest BCUT2D eigenvalue weighted by molar-refractivity contribution is -0.123. The van der Waals surface area contributed by atoms with E-state index in [1.165, 1.54) is 11.3 Å². The van der Waals surface area contributed by atoms with Crippen LogP contribution in [-0.2, 0) is 14.4 Å². The van der Waals surface area contributed by atoms with Crippen LogP contribution in [0.4, 0.5) is 0 Å². The van der Waals surface area contributed by atoms with E-state index in [0.29, 0.717) is 10.6 Å². The van der Waals surface area contributed by atoms with Gasteiger partial charge >= 0.3 is 0 Å². The molecular formula is C29H32N6O6S. The Morgan fingerprint density at radius 1 is 0.952 bits per heavy atom. The van der Waals surface area contributed by atoms with Gasteiger partial charge in [-0.1, -0.05) is 43.0 Å². The van der Waals surface area contributed by atoms with Crippen molar-refractivity contribution in [1.29, 1.82) is 0 Å². The van der Waals surface area contributed by atoms with Crippen LogP contribution in [0.15, 0.2) is 73.0 Å². The predicted octanol–water partition coefficient (Wildman–Crippen LogP) is 2.22. The average Bonchev–Trinajstić information content (AvgIpc) is 3.58. The number of carbonyl (C=O) groups is 5. The molecule has 5 amide bonds. The highest BCUT2D eigenvalue weighted by Gasteiger charge is 2.21. The smallest absolute Gasteiger partial charge is 0.268 e. The minimum Gasteiger partial charge on any atom is -0.511 e. The molecule has 0 radical (unpaired) electrons. The molecular weight excluding hydrogens is 560 g/mol. The number of aromatic amines is 1. The van der Waals surface area contributed by atoms with Gasteiger partial charge in [0.15, 0.2) is 0 Å². The summed E-state index contributed by atoms with van der Waals surface area (Å²) in [7, 11) is 0. The second-order valence-corrected chi connectivity index (χ2v) is 10.4. The largest absolute Gasteiger partial charge is 0.511 e. The van der Waals surface area contributed by atoms with Crippen molar-refractivity contribution in [1.82, 2.24) is 20.9 Å². The molecule has 0 aliphatic rings. The zero-order valence-electron chi connectivity index (χ0n) is 22.8. The van der Waals surface area contributed by atoms with Crippen molar-refractivity contribution in [3.8, 4) is 0 Å². The number of para-hydroxylation sites is 1. The molecule has 4 aromatic rings. The number of benzene rings is 2. The molecule has 2 atom stereocenters. The number of aliphatic hydroxyl groups is 1. The third-order valence-electron chi connectivity index (χ3n) is 5.96. The van der Waals surface area contributed by atoms with Crippen LogP contribution in [0.5, 0.6) is 0 Å². The zero-order valence-corrected chi connectivity index (χ0v) is 23.6. The first-order valence-corrected chi connectivity index (χ1v) is 13.7. The number of nitrogens with one attached hydrogen (secondary N) is 4. The van der Waals surface area contributed by atoms with Crippen LogP contribution in [0, 0.1) is 0 Å². The van der Waals surface area contributed by atoms with Gasteiger partial charge in [-0.15, -0.1) is 11.3 Å². The van der Waals surface area contributed by atoms with E-state index in [0.717, 1.165) is 21.0 Å². The molecule has 220 valence electrons. The number of carbonyl (C=O) groups excluding carboxylic acids is 5. The van der Waals surface area contributed by atoms with E-state index >= 15 is 0 Å². The number of hydrogen-bond donors (Lipinski definition) is 7. The first kappa shape index (κ1) is 31.4. The lowest BCUT2D eigenvalue weighted by Gasteiger charge is -2.13. The third-order valence-corrected chi connectivity index (χ3v) is 7.07. The minimum atomic E-state index is -0.907. The minimum absolute atomic E-state index is 0.0136. The molecule has 2 unspecified atom stereocenters. The molecule has 0 aliphatic carbocycles. The van der Waals surface area contributed by atoms with Crippen molar-refractivity contribution in [2.24, 2.45) is 11.5 Å². The van der Waals surface area contributed by atoms with Crippen molar-refractivity contribution in [3.05, 3.63) is 83.6 Å². The van der Waals surface area contributed by atoms with Crippen molar-refractivity contribution < 1.29 is 29.1 Å². The van der Waals surface area contributed by atoms with Crippen LogP contribution in [0.25, 0.3) is 21.0 Å². The van der Waals surface area contributed by atoms with Gasteiger partial charge in [0, 0.05) is 22.0 Å². The van der Waals surface area contributed by atoms with E-state index in [4.69, 9.17) is 16.6 Å². The number of fused-ring (bicyclic) bond motifs is 2. The Labute approximate surface area is 245 Å². The van der Waals surface area contributed by atoms with Gasteiger partial charge in [0.25, 0.3) is 11.8 Å². The number of amides is 5. The van der Waals surface area contributed by atoms with Crippen molar-refractivity contribution in [2.45, 2.75) is 31.8 Å². The van der Waals surface area contributed by atoms with Crippen LogP contribution in [0.1, 0.15) is 39.9 Å². The fourth-order valence-corrected chi connectivity index (χ4v) is 4.74. The van der Waals surface area contributed by atoms with Crippen LogP contribution >= 0.6 is 11.3 Å². The number of H-pyrrole nitrogens is 1. The highest BCUT2D eigenvalue weighted by atomic mass is 32.1. The Morgan fingerprint density at radius 2 is 1.62 bits per heavy atom. The summed E-state index contributed by atoms with van der Waals surface area (Å²) >= 11 is 1.33. The van der Waals surface area contributed by atoms with Gasteiger partial charge in [-0.2, -0.15) is 0 Å². The van der Waals surface area contributed by atoms with Crippen molar-refractivity contribution in [2.75, 3.05) is 6.54 Å². The quantitative estimate of drug-likeness (QED) is 0.130. The molecule has 0 spiro atoms. The summed E-state index contributed by atoms with van der Waals surface area (Å²) in [5.74, 6) is -2.52. The summed E-state index contributed by atoms with van der Waals surface area (Å²) in [5.41, 5.74) is 11.5. The lowest BCUT2D eigenvalue weighted by Crippen LogP contribution is -2.45. The Morgan fingerprint density at radius 3 is 2.24 bits per heavy atom. The number of hydrogen-bond acceptors (Lipinski definition) is 7. The fraction of sp³-hybridized carbons (Fsp3) is 0.207. The average molecular weight is 593 g/mol. The number of primary amides is 2. The van der Waals surface area contributed by atoms with Crippen LogP contribution in [0.2, 0.25) is 0 Å². The SMILES string of the molecule is C=C(O)CNC(=O)C(C)NC(=O)c1cc2ccccc2[nH]1.NC(=O)CCC(NC(=O)c1cc2ccccc2s1)C(N)=O. The first-order chi connectivity index (χ1) is 19.9. The molecule has 12 nitrogen and oxygen atoms in total. The molecule has 42 heavy (non-hydrogen) atoms. The van der Waals surface area contributed by atoms with E-state index in [1.807, 2.05) is 48.5 Å². The maximum absolute atomic E-state index is 12.1. The topological polar surface area (TPSA) is 210 Å². The standard InChI is InChI=1S/C15H17N3O3.C14H15N3O3S/c1-9(19)8-16-14(20)10(2)17-15(21)13-7-11-5-3-4-6-12(11)18-13;15-12(18)6-5-9(13(16)19)17-14(20)11-7-8-3-1-2-4-10(8)21-11/h3-7,10,18-19H,1,8H2,2H3,(H,16,20)(H,17,21);1-4,7,9H,5-6H2,(H2,15,18)(H2,16,19)(H,17,20). The molecule has 0 aliphatic heterocycles. The van der Waals surface area contributed by atoms with E-state index in [2.05, 4.69) is 27.5 Å². The monoisotopic (exact) mass is 592 g/mol. The molecule has 0 fully saturated rings.